The number of halogens is 1. The summed E-state index contributed by atoms with van der Waals surface area (Å²) in [6.45, 7) is 1.51. The van der Waals surface area contributed by atoms with E-state index >= 15 is 0 Å². The highest BCUT2D eigenvalue weighted by Crippen LogP contribution is 2.33. The first-order valence-corrected chi connectivity index (χ1v) is 11.5. The number of likely N-dealkylation sites (tertiary alicyclic amines) is 1. The molecule has 1 aromatic carbocycles. The Morgan fingerprint density at radius 2 is 2.34 bits per heavy atom. The van der Waals surface area contributed by atoms with Crippen molar-refractivity contribution in [3.05, 3.63) is 40.0 Å². The molecule has 1 unspecified atom stereocenters. The summed E-state index contributed by atoms with van der Waals surface area (Å²) in [5.74, 6) is 0. The van der Waals surface area contributed by atoms with Crippen LogP contribution >= 0.6 is 22.9 Å². The fraction of sp³-hybridized carbons (Fsp3) is 0.333. The molecule has 0 bridgehead atoms. The van der Waals surface area contributed by atoms with Crippen molar-refractivity contribution < 1.29 is 13.2 Å². The van der Waals surface area contributed by atoms with Crippen molar-refractivity contribution >= 4 is 49.6 Å². The highest BCUT2D eigenvalue weighted by molar-refractivity contribution is 7.94. The van der Waals surface area contributed by atoms with Crippen LogP contribution in [0.1, 0.15) is 23.3 Å². The molecule has 0 amide bonds. The molecule has 11 heteroatoms. The van der Waals surface area contributed by atoms with Gasteiger partial charge in [-0.1, -0.05) is 11.6 Å². The van der Waals surface area contributed by atoms with Crippen molar-refractivity contribution in [1.82, 2.24) is 14.9 Å². The first-order chi connectivity index (χ1) is 13.9. The number of nitrogens with zero attached hydrogens (tertiary/aromatic N) is 3. The molecule has 3 aromatic rings. The van der Waals surface area contributed by atoms with Gasteiger partial charge in [0.2, 0.25) is 4.34 Å². The standard InChI is InChI=1S/C18H18ClN5O3S2/c1-27-15-3-2-6-24(15)10-12-9-22-18(28-12)29(25,26)23-14-5-4-13(19)16-11(7-20)8-21-17(14)16/h4-5,8-9,15,21,23H,2-3,6,10H2,1H3. The minimum absolute atomic E-state index is 0.0178. The number of nitriles is 1. The predicted octanol–water partition coefficient (Wildman–Crippen LogP) is 3.52. The molecule has 2 N–H and O–H groups in total. The number of fused-ring (bicyclic) bond motifs is 1. The molecular formula is C18H18ClN5O3S2. The number of H-pyrrole nitrogens is 1. The third-order valence-electron chi connectivity index (χ3n) is 4.85. The van der Waals surface area contributed by atoms with Crippen molar-refractivity contribution in [2.45, 2.75) is 30.0 Å². The van der Waals surface area contributed by atoms with Crippen LogP contribution in [0.25, 0.3) is 10.9 Å². The molecule has 4 rings (SSSR count). The molecule has 8 nitrogen and oxygen atoms in total. The lowest BCUT2D eigenvalue weighted by Crippen LogP contribution is -2.29. The molecule has 1 atom stereocenters. The van der Waals surface area contributed by atoms with Crippen LogP contribution in [0.2, 0.25) is 5.02 Å². The molecule has 1 saturated heterocycles. The van der Waals surface area contributed by atoms with Crippen molar-refractivity contribution in [1.29, 1.82) is 5.26 Å². The molecule has 1 fully saturated rings. The summed E-state index contributed by atoms with van der Waals surface area (Å²) in [4.78, 5) is 10.0. The van der Waals surface area contributed by atoms with Crippen LogP contribution in [-0.2, 0) is 21.3 Å². The summed E-state index contributed by atoms with van der Waals surface area (Å²) >= 11 is 7.31. The van der Waals surface area contributed by atoms with Gasteiger partial charge in [-0.3, -0.25) is 9.62 Å². The van der Waals surface area contributed by atoms with E-state index in [1.807, 2.05) is 6.07 Å². The normalized spacial score (nSPS) is 17.6. The van der Waals surface area contributed by atoms with Crippen LogP contribution in [0.15, 0.2) is 28.9 Å². The van der Waals surface area contributed by atoms with Gasteiger partial charge in [0.25, 0.3) is 10.0 Å². The third-order valence-corrected chi connectivity index (χ3v) is 7.90. The highest BCUT2D eigenvalue weighted by Gasteiger charge is 2.26. The van der Waals surface area contributed by atoms with E-state index in [0.717, 1.165) is 35.6 Å². The Hall–Kier alpha value is -2.16. The minimum atomic E-state index is -3.89. The minimum Gasteiger partial charge on any atom is -0.366 e. The summed E-state index contributed by atoms with van der Waals surface area (Å²) in [5.41, 5.74) is 1.11. The van der Waals surface area contributed by atoms with Gasteiger partial charge < -0.3 is 9.72 Å². The molecule has 152 valence electrons. The first kappa shape index (κ1) is 20.1. The lowest BCUT2D eigenvalue weighted by molar-refractivity contribution is -0.00768. The van der Waals surface area contributed by atoms with E-state index in [-0.39, 0.29) is 10.6 Å². The molecule has 29 heavy (non-hydrogen) atoms. The maximum absolute atomic E-state index is 12.9. The number of ether oxygens (including phenoxy) is 1. The van der Waals surface area contributed by atoms with Gasteiger partial charge in [-0.15, -0.1) is 11.3 Å². The summed E-state index contributed by atoms with van der Waals surface area (Å²) in [6, 6.07) is 5.16. The number of benzene rings is 1. The number of anilines is 1. The van der Waals surface area contributed by atoms with Crippen molar-refractivity contribution in [2.75, 3.05) is 18.4 Å². The number of aromatic amines is 1. The number of hydrogen-bond donors (Lipinski definition) is 2. The topological polar surface area (TPSA) is 111 Å². The van der Waals surface area contributed by atoms with Gasteiger partial charge in [-0.25, -0.2) is 4.98 Å². The number of hydrogen-bond acceptors (Lipinski definition) is 7. The van der Waals surface area contributed by atoms with Crippen LogP contribution in [-0.4, -0.2) is 43.2 Å². The van der Waals surface area contributed by atoms with Gasteiger partial charge in [0, 0.05) is 42.9 Å². The Bertz CT molecular complexity index is 1200. The number of nitrogens with one attached hydrogen (secondary N) is 2. The zero-order valence-corrected chi connectivity index (χ0v) is 17.9. The molecule has 0 saturated carbocycles. The van der Waals surface area contributed by atoms with Gasteiger partial charge in [-0.05, 0) is 25.0 Å². The molecule has 1 aliphatic rings. The smallest absolute Gasteiger partial charge is 0.289 e. The summed E-state index contributed by atoms with van der Waals surface area (Å²) in [7, 11) is -2.20. The molecule has 0 radical (unpaired) electrons. The molecule has 0 aliphatic carbocycles. The van der Waals surface area contributed by atoms with Gasteiger partial charge in [0.05, 0.1) is 21.8 Å². The largest absolute Gasteiger partial charge is 0.366 e. The maximum Gasteiger partial charge on any atom is 0.289 e. The monoisotopic (exact) mass is 451 g/mol. The van der Waals surface area contributed by atoms with E-state index in [1.54, 1.807) is 25.4 Å². The van der Waals surface area contributed by atoms with Crippen molar-refractivity contribution in [3.63, 3.8) is 0 Å². The zero-order valence-electron chi connectivity index (χ0n) is 15.5. The maximum atomic E-state index is 12.9. The lowest BCUT2D eigenvalue weighted by atomic mass is 10.1. The van der Waals surface area contributed by atoms with E-state index in [9.17, 15) is 13.7 Å². The highest BCUT2D eigenvalue weighted by atomic mass is 35.5. The van der Waals surface area contributed by atoms with E-state index in [1.165, 1.54) is 6.20 Å². The van der Waals surface area contributed by atoms with Gasteiger partial charge in [-0.2, -0.15) is 13.7 Å². The van der Waals surface area contributed by atoms with E-state index in [2.05, 4.69) is 19.6 Å². The molecular weight excluding hydrogens is 434 g/mol. The Kier molecular flexibility index (Phi) is 5.50. The van der Waals surface area contributed by atoms with E-state index in [4.69, 9.17) is 16.3 Å². The fourth-order valence-electron chi connectivity index (χ4n) is 3.50. The quantitative estimate of drug-likeness (QED) is 0.593. The SMILES string of the molecule is COC1CCCN1Cc1cnc(S(=O)(=O)Nc2ccc(Cl)c3c(C#N)c[nH]c23)s1. The third kappa shape index (κ3) is 3.84. The molecule has 1 aliphatic heterocycles. The molecule has 3 heterocycles. The average molecular weight is 452 g/mol. The predicted molar refractivity (Wildman–Crippen MR) is 111 cm³/mol. The number of aromatic nitrogens is 2. The van der Waals surface area contributed by atoms with Crippen LogP contribution in [0.3, 0.4) is 0 Å². The average Bonchev–Trinajstić information content (AvgIpc) is 3.43. The lowest BCUT2D eigenvalue weighted by Gasteiger charge is -2.21. The molecule has 0 spiro atoms. The van der Waals surface area contributed by atoms with Gasteiger partial charge in [0.15, 0.2) is 0 Å². The van der Waals surface area contributed by atoms with Crippen LogP contribution in [0.5, 0.6) is 0 Å². The van der Waals surface area contributed by atoms with Crippen LogP contribution < -0.4 is 4.72 Å². The number of rotatable bonds is 6. The Balaban J connectivity index is 1.58. The van der Waals surface area contributed by atoms with Crippen molar-refractivity contribution in [2.24, 2.45) is 0 Å². The van der Waals surface area contributed by atoms with Crippen LogP contribution in [0.4, 0.5) is 5.69 Å². The Morgan fingerprint density at radius 3 is 3.10 bits per heavy atom. The fourth-order valence-corrected chi connectivity index (χ4v) is 6.05. The zero-order chi connectivity index (χ0) is 20.6. The van der Waals surface area contributed by atoms with Crippen molar-refractivity contribution in [3.8, 4) is 6.07 Å². The second kappa shape index (κ2) is 7.93. The molecule has 2 aromatic heterocycles. The van der Waals surface area contributed by atoms with E-state index < -0.39 is 10.0 Å². The number of methoxy groups -OCH3 is 1. The van der Waals surface area contributed by atoms with Gasteiger partial charge in [0.1, 0.15) is 12.3 Å². The Morgan fingerprint density at radius 1 is 1.52 bits per heavy atom. The number of thiazole rings is 1. The first-order valence-electron chi connectivity index (χ1n) is 8.87. The Labute approximate surface area is 177 Å². The second-order valence-corrected chi connectivity index (χ2v) is 10.0. The second-order valence-electron chi connectivity index (χ2n) is 6.66. The number of sulfonamides is 1. The van der Waals surface area contributed by atoms with Gasteiger partial charge >= 0.3 is 0 Å². The van der Waals surface area contributed by atoms with Crippen LogP contribution in [0, 0.1) is 11.3 Å². The van der Waals surface area contributed by atoms with E-state index in [0.29, 0.717) is 33.7 Å². The summed E-state index contributed by atoms with van der Waals surface area (Å²) in [6.07, 6.45) is 5.16. The summed E-state index contributed by atoms with van der Waals surface area (Å²) < 4.78 is 33.7. The summed E-state index contributed by atoms with van der Waals surface area (Å²) in [5, 5.41) is 10.1.